The zero-order valence-corrected chi connectivity index (χ0v) is 12.7. The second kappa shape index (κ2) is 7.23. The highest BCUT2D eigenvalue weighted by molar-refractivity contribution is 5.36. The summed E-state index contributed by atoms with van der Waals surface area (Å²) in [5, 5.41) is 3.25. The molecule has 1 aliphatic rings. The maximum Gasteiger partial charge on any atom is 0.293 e. The van der Waals surface area contributed by atoms with Crippen LogP contribution in [0.25, 0.3) is 0 Å². The van der Waals surface area contributed by atoms with E-state index in [9.17, 15) is 9.18 Å². The third-order valence-electron chi connectivity index (χ3n) is 3.71. The molecule has 0 amide bonds. The van der Waals surface area contributed by atoms with Crippen molar-refractivity contribution in [2.24, 2.45) is 0 Å². The lowest BCUT2D eigenvalue weighted by molar-refractivity contribution is 0.295. The summed E-state index contributed by atoms with van der Waals surface area (Å²) in [6.45, 7) is 3.90. The molecule has 1 saturated heterocycles. The lowest BCUT2D eigenvalue weighted by Gasteiger charge is -2.27. The summed E-state index contributed by atoms with van der Waals surface area (Å²) in [6, 6.07) is 5.96. The molecule has 3 rings (SSSR count). The smallest absolute Gasteiger partial charge is 0.293 e. The minimum Gasteiger partial charge on any atom is -0.492 e. The van der Waals surface area contributed by atoms with Gasteiger partial charge in [0.25, 0.3) is 5.56 Å². The monoisotopic (exact) mass is 318 g/mol. The van der Waals surface area contributed by atoms with Gasteiger partial charge >= 0.3 is 0 Å². The van der Waals surface area contributed by atoms with Gasteiger partial charge in [-0.2, -0.15) is 0 Å². The summed E-state index contributed by atoms with van der Waals surface area (Å²) in [5.41, 5.74) is -0.128. The number of ether oxygens (including phenoxy) is 1. The van der Waals surface area contributed by atoms with Crippen LogP contribution in [0.4, 0.5) is 10.2 Å². The van der Waals surface area contributed by atoms with Crippen LogP contribution in [0.3, 0.4) is 0 Å². The first-order valence-corrected chi connectivity index (χ1v) is 7.63. The number of halogens is 1. The van der Waals surface area contributed by atoms with Crippen LogP contribution in [0, 0.1) is 5.82 Å². The number of anilines is 1. The molecule has 0 radical (unpaired) electrons. The molecule has 0 unspecified atom stereocenters. The van der Waals surface area contributed by atoms with Crippen LogP contribution in [0.1, 0.15) is 0 Å². The van der Waals surface area contributed by atoms with Gasteiger partial charge < -0.3 is 19.5 Å². The Kier molecular flexibility index (Phi) is 4.87. The molecule has 1 aliphatic heterocycles. The highest BCUT2D eigenvalue weighted by atomic mass is 19.1. The molecule has 0 atom stereocenters. The van der Waals surface area contributed by atoms with Crippen molar-refractivity contribution in [2.45, 2.75) is 6.54 Å². The number of benzene rings is 1. The van der Waals surface area contributed by atoms with Crippen molar-refractivity contribution in [3.8, 4) is 5.75 Å². The topological polar surface area (TPSA) is 59.4 Å². The SMILES string of the molecule is O=c1c(N2CCNCC2)nccn1CCOc1cccc(F)c1. The van der Waals surface area contributed by atoms with Crippen molar-refractivity contribution in [3.63, 3.8) is 0 Å². The second-order valence-electron chi connectivity index (χ2n) is 5.29. The van der Waals surface area contributed by atoms with Crippen LogP contribution >= 0.6 is 0 Å². The summed E-state index contributed by atoms with van der Waals surface area (Å²) in [7, 11) is 0. The van der Waals surface area contributed by atoms with E-state index in [1.807, 2.05) is 4.90 Å². The summed E-state index contributed by atoms with van der Waals surface area (Å²) < 4.78 is 20.1. The van der Waals surface area contributed by atoms with E-state index in [0.717, 1.165) is 26.2 Å². The van der Waals surface area contributed by atoms with Gasteiger partial charge in [0, 0.05) is 44.6 Å². The zero-order chi connectivity index (χ0) is 16.1. The molecule has 2 aromatic rings. The molecule has 122 valence electrons. The number of piperazine rings is 1. The summed E-state index contributed by atoms with van der Waals surface area (Å²) in [5.74, 6) is 0.582. The third kappa shape index (κ3) is 3.87. The van der Waals surface area contributed by atoms with Crippen molar-refractivity contribution >= 4 is 5.82 Å². The Morgan fingerprint density at radius 1 is 1.30 bits per heavy atom. The third-order valence-corrected chi connectivity index (χ3v) is 3.71. The summed E-state index contributed by atoms with van der Waals surface area (Å²) in [4.78, 5) is 18.7. The summed E-state index contributed by atoms with van der Waals surface area (Å²) >= 11 is 0. The minimum atomic E-state index is -0.343. The molecule has 6 nitrogen and oxygen atoms in total. The quantitative estimate of drug-likeness (QED) is 0.886. The Bertz CT molecular complexity index is 713. The van der Waals surface area contributed by atoms with E-state index in [2.05, 4.69) is 10.3 Å². The predicted octanol–water partition coefficient (Wildman–Crippen LogP) is 0.871. The highest BCUT2D eigenvalue weighted by Crippen LogP contribution is 2.11. The van der Waals surface area contributed by atoms with Gasteiger partial charge in [0.15, 0.2) is 5.82 Å². The second-order valence-corrected chi connectivity index (χ2v) is 5.29. The first-order valence-electron chi connectivity index (χ1n) is 7.63. The van der Waals surface area contributed by atoms with Gasteiger partial charge in [0.1, 0.15) is 18.2 Å². The fourth-order valence-electron chi connectivity index (χ4n) is 2.52. The Balaban J connectivity index is 1.65. The average Bonchev–Trinajstić information content (AvgIpc) is 2.57. The van der Waals surface area contributed by atoms with E-state index in [1.54, 1.807) is 29.1 Å². The van der Waals surface area contributed by atoms with Crippen LogP contribution in [0.5, 0.6) is 5.75 Å². The molecule has 1 N–H and O–H groups in total. The van der Waals surface area contributed by atoms with Crippen LogP contribution in [-0.2, 0) is 6.54 Å². The molecule has 1 fully saturated rings. The molecular weight excluding hydrogens is 299 g/mol. The first kappa shape index (κ1) is 15.5. The van der Waals surface area contributed by atoms with E-state index in [0.29, 0.717) is 18.1 Å². The van der Waals surface area contributed by atoms with E-state index in [1.165, 1.54) is 12.1 Å². The van der Waals surface area contributed by atoms with Crippen LogP contribution in [-0.4, -0.2) is 42.3 Å². The Hall–Kier alpha value is -2.41. The largest absolute Gasteiger partial charge is 0.492 e. The highest BCUT2D eigenvalue weighted by Gasteiger charge is 2.16. The van der Waals surface area contributed by atoms with Crippen LogP contribution in [0.15, 0.2) is 41.5 Å². The maximum atomic E-state index is 13.1. The van der Waals surface area contributed by atoms with Crippen LogP contribution in [0.2, 0.25) is 0 Å². The number of aromatic nitrogens is 2. The average molecular weight is 318 g/mol. The van der Waals surface area contributed by atoms with E-state index < -0.39 is 0 Å². The van der Waals surface area contributed by atoms with Crippen molar-refractivity contribution in [3.05, 3.63) is 52.8 Å². The Morgan fingerprint density at radius 2 is 2.13 bits per heavy atom. The molecule has 0 aliphatic carbocycles. The van der Waals surface area contributed by atoms with E-state index in [4.69, 9.17) is 4.74 Å². The van der Waals surface area contributed by atoms with Gasteiger partial charge in [-0.05, 0) is 12.1 Å². The Morgan fingerprint density at radius 3 is 2.91 bits per heavy atom. The number of nitrogens with one attached hydrogen (secondary N) is 1. The minimum absolute atomic E-state index is 0.128. The summed E-state index contributed by atoms with van der Waals surface area (Å²) in [6.07, 6.45) is 3.27. The van der Waals surface area contributed by atoms with Crippen molar-refractivity contribution in [2.75, 3.05) is 37.7 Å². The predicted molar refractivity (Wildman–Crippen MR) is 85.5 cm³/mol. The number of nitrogens with zero attached hydrogens (tertiary/aromatic N) is 3. The number of rotatable bonds is 5. The molecule has 7 heteroatoms. The molecule has 0 bridgehead atoms. The van der Waals surface area contributed by atoms with E-state index in [-0.39, 0.29) is 18.0 Å². The molecule has 0 spiro atoms. The molecule has 23 heavy (non-hydrogen) atoms. The van der Waals surface area contributed by atoms with Gasteiger partial charge in [-0.15, -0.1) is 0 Å². The van der Waals surface area contributed by atoms with Crippen molar-refractivity contribution in [1.82, 2.24) is 14.9 Å². The number of hydrogen-bond acceptors (Lipinski definition) is 5. The fourth-order valence-corrected chi connectivity index (χ4v) is 2.52. The van der Waals surface area contributed by atoms with Crippen molar-refractivity contribution in [1.29, 1.82) is 0 Å². The zero-order valence-electron chi connectivity index (χ0n) is 12.7. The lowest BCUT2D eigenvalue weighted by atomic mass is 10.3. The molecule has 2 heterocycles. The van der Waals surface area contributed by atoms with Crippen LogP contribution < -0.4 is 20.5 Å². The molecular formula is C16H19FN4O2. The normalized spacial score (nSPS) is 14.7. The molecule has 0 saturated carbocycles. The first-order chi connectivity index (χ1) is 11.2. The molecule has 1 aromatic carbocycles. The fraction of sp³-hybridized carbons (Fsp3) is 0.375. The van der Waals surface area contributed by atoms with Gasteiger partial charge in [0.05, 0.1) is 6.54 Å². The number of hydrogen-bond donors (Lipinski definition) is 1. The lowest BCUT2D eigenvalue weighted by Crippen LogP contribution is -2.46. The maximum absolute atomic E-state index is 13.1. The van der Waals surface area contributed by atoms with Gasteiger partial charge in [0.2, 0.25) is 0 Å². The van der Waals surface area contributed by atoms with Gasteiger partial charge in [-0.3, -0.25) is 4.79 Å². The Labute approximate surface area is 133 Å². The standard InChI is InChI=1S/C16H19FN4O2/c17-13-2-1-3-14(12-13)23-11-10-21-9-6-19-15(16(21)22)20-7-4-18-5-8-20/h1-3,6,9,12,18H,4-5,7-8,10-11H2. The van der Waals surface area contributed by atoms with Gasteiger partial charge in [-0.25, -0.2) is 9.37 Å². The van der Waals surface area contributed by atoms with Gasteiger partial charge in [-0.1, -0.05) is 6.07 Å². The van der Waals surface area contributed by atoms with Crippen molar-refractivity contribution < 1.29 is 9.13 Å². The van der Waals surface area contributed by atoms with E-state index >= 15 is 0 Å². The molecule has 1 aromatic heterocycles.